The molecule has 0 saturated carbocycles. The molecular formula is C20H33IN4OS. The third kappa shape index (κ3) is 7.52. The van der Waals surface area contributed by atoms with Crippen molar-refractivity contribution in [1.82, 2.24) is 15.5 Å². The van der Waals surface area contributed by atoms with Gasteiger partial charge in [-0.15, -0.1) is 24.0 Å². The van der Waals surface area contributed by atoms with E-state index in [1.807, 2.05) is 18.2 Å². The average molecular weight is 504 g/mol. The van der Waals surface area contributed by atoms with E-state index in [4.69, 9.17) is 4.99 Å². The summed E-state index contributed by atoms with van der Waals surface area (Å²) in [5, 5.41) is 6.77. The minimum atomic E-state index is -0.0470. The number of carbonyl (C=O) groups is 1. The van der Waals surface area contributed by atoms with Gasteiger partial charge in [0, 0.05) is 49.8 Å². The Kier molecular flexibility index (Phi) is 11.1. The smallest absolute Gasteiger partial charge is 0.251 e. The Morgan fingerprint density at radius 2 is 2.19 bits per heavy atom. The van der Waals surface area contributed by atoms with Crippen LogP contribution in [0.4, 0.5) is 0 Å². The first-order chi connectivity index (χ1) is 12.5. The Morgan fingerprint density at radius 1 is 1.41 bits per heavy atom. The van der Waals surface area contributed by atoms with Crippen LogP contribution >= 0.6 is 35.7 Å². The predicted octanol–water partition coefficient (Wildman–Crippen LogP) is 3.25. The first-order valence-corrected chi connectivity index (χ1v) is 10.6. The third-order valence-electron chi connectivity index (χ3n) is 4.55. The fraction of sp³-hybridized carbons (Fsp3) is 0.600. The number of nitrogens with zero attached hydrogens (tertiary/aromatic N) is 2. The van der Waals surface area contributed by atoms with Gasteiger partial charge in [0.15, 0.2) is 5.96 Å². The maximum absolute atomic E-state index is 11.8. The molecule has 1 heterocycles. The number of thioether (sulfide) groups is 1. The first-order valence-electron chi connectivity index (χ1n) is 9.51. The third-order valence-corrected chi connectivity index (χ3v) is 6.09. The van der Waals surface area contributed by atoms with Gasteiger partial charge < -0.3 is 15.5 Å². The lowest BCUT2D eigenvalue weighted by molar-refractivity contribution is 0.0963. The molecule has 0 aromatic heterocycles. The summed E-state index contributed by atoms with van der Waals surface area (Å²) in [7, 11) is 1.66. The second-order valence-corrected chi connectivity index (χ2v) is 8.21. The molecule has 1 atom stereocenters. The van der Waals surface area contributed by atoms with E-state index in [2.05, 4.69) is 54.1 Å². The minimum absolute atomic E-state index is 0. The summed E-state index contributed by atoms with van der Waals surface area (Å²) in [6.07, 6.45) is 0.829. The summed E-state index contributed by atoms with van der Waals surface area (Å²) in [4.78, 5) is 19.0. The standard InChI is InChI=1S/C20H32N4OS.HI/c1-5-22-20(24-11-12-26-18(14-24)15(2)3)23-10-9-16-7-6-8-17(13-16)19(25)21-4;/h6-8,13,15,18H,5,9-12,14H2,1-4H3,(H,21,25)(H,22,23);1H. The van der Waals surface area contributed by atoms with Crippen LogP contribution in [-0.4, -0.2) is 61.0 Å². The summed E-state index contributed by atoms with van der Waals surface area (Å²) >= 11 is 2.08. The number of aliphatic imine (C=N–C) groups is 1. The Balaban J connectivity index is 0.00000364. The molecule has 27 heavy (non-hydrogen) atoms. The number of nitrogens with one attached hydrogen (secondary N) is 2. The molecule has 2 N–H and O–H groups in total. The van der Waals surface area contributed by atoms with Crippen molar-refractivity contribution in [3.8, 4) is 0 Å². The van der Waals surface area contributed by atoms with Gasteiger partial charge in [-0.2, -0.15) is 11.8 Å². The van der Waals surface area contributed by atoms with Crippen molar-refractivity contribution in [2.75, 3.05) is 39.0 Å². The first kappa shape index (κ1) is 24.1. The molecule has 1 unspecified atom stereocenters. The summed E-state index contributed by atoms with van der Waals surface area (Å²) in [6, 6.07) is 7.78. The van der Waals surface area contributed by atoms with Crippen molar-refractivity contribution in [3.05, 3.63) is 35.4 Å². The Bertz CT molecular complexity index is 624. The minimum Gasteiger partial charge on any atom is -0.357 e. The van der Waals surface area contributed by atoms with E-state index in [0.717, 1.165) is 49.9 Å². The second kappa shape index (κ2) is 12.5. The Hall–Kier alpha value is -0.960. The molecule has 0 bridgehead atoms. The average Bonchev–Trinajstić information content (AvgIpc) is 2.67. The van der Waals surface area contributed by atoms with Crippen molar-refractivity contribution >= 4 is 47.6 Å². The number of halogens is 1. The van der Waals surface area contributed by atoms with Crippen LogP contribution in [0, 0.1) is 5.92 Å². The summed E-state index contributed by atoms with van der Waals surface area (Å²) in [6.45, 7) is 10.4. The highest BCUT2D eigenvalue weighted by Gasteiger charge is 2.24. The van der Waals surface area contributed by atoms with Crippen molar-refractivity contribution in [2.24, 2.45) is 10.9 Å². The van der Waals surface area contributed by atoms with Crippen LogP contribution in [0.15, 0.2) is 29.3 Å². The van der Waals surface area contributed by atoms with Crippen LogP contribution in [0.1, 0.15) is 36.7 Å². The molecule has 152 valence electrons. The van der Waals surface area contributed by atoms with Crippen LogP contribution < -0.4 is 10.6 Å². The fourth-order valence-electron chi connectivity index (χ4n) is 3.00. The maximum atomic E-state index is 11.8. The molecule has 0 aliphatic carbocycles. The zero-order valence-corrected chi connectivity index (χ0v) is 20.0. The monoisotopic (exact) mass is 504 g/mol. The highest BCUT2D eigenvalue weighted by molar-refractivity contribution is 14.0. The molecule has 2 rings (SSSR count). The van der Waals surface area contributed by atoms with E-state index in [1.165, 1.54) is 0 Å². The Morgan fingerprint density at radius 3 is 2.85 bits per heavy atom. The van der Waals surface area contributed by atoms with E-state index in [9.17, 15) is 4.79 Å². The second-order valence-electron chi connectivity index (χ2n) is 6.86. The molecule has 1 amide bonds. The number of hydrogen-bond donors (Lipinski definition) is 2. The SMILES string of the molecule is CCNC(=NCCc1cccc(C(=O)NC)c1)N1CCSC(C(C)C)C1.I. The molecule has 1 aliphatic heterocycles. The van der Waals surface area contributed by atoms with Gasteiger partial charge in [0.25, 0.3) is 5.91 Å². The number of hydrogen-bond acceptors (Lipinski definition) is 3. The lowest BCUT2D eigenvalue weighted by Crippen LogP contribution is -2.49. The highest BCUT2D eigenvalue weighted by atomic mass is 127. The molecule has 1 aromatic carbocycles. The molecule has 5 nitrogen and oxygen atoms in total. The molecule has 1 saturated heterocycles. The lowest BCUT2D eigenvalue weighted by Gasteiger charge is -2.36. The van der Waals surface area contributed by atoms with Gasteiger partial charge in [-0.05, 0) is 37.0 Å². The highest BCUT2D eigenvalue weighted by Crippen LogP contribution is 2.24. The van der Waals surface area contributed by atoms with Crippen LogP contribution in [0.25, 0.3) is 0 Å². The molecule has 1 aliphatic rings. The van der Waals surface area contributed by atoms with Gasteiger partial charge in [0.05, 0.1) is 0 Å². The predicted molar refractivity (Wildman–Crippen MR) is 128 cm³/mol. The van der Waals surface area contributed by atoms with Crippen molar-refractivity contribution in [1.29, 1.82) is 0 Å². The number of amides is 1. The van der Waals surface area contributed by atoms with Crippen molar-refractivity contribution < 1.29 is 4.79 Å². The van der Waals surface area contributed by atoms with E-state index in [-0.39, 0.29) is 29.9 Å². The largest absolute Gasteiger partial charge is 0.357 e. The van der Waals surface area contributed by atoms with Crippen LogP contribution in [0.3, 0.4) is 0 Å². The van der Waals surface area contributed by atoms with Gasteiger partial charge in [0.2, 0.25) is 0 Å². The van der Waals surface area contributed by atoms with Gasteiger partial charge in [-0.3, -0.25) is 9.79 Å². The zero-order valence-electron chi connectivity index (χ0n) is 16.8. The topological polar surface area (TPSA) is 56.7 Å². The molecule has 0 spiro atoms. The molecule has 1 fully saturated rings. The molecule has 7 heteroatoms. The number of benzene rings is 1. The number of carbonyl (C=O) groups excluding carboxylic acids is 1. The van der Waals surface area contributed by atoms with E-state index < -0.39 is 0 Å². The van der Waals surface area contributed by atoms with E-state index >= 15 is 0 Å². The molecule has 1 aromatic rings. The van der Waals surface area contributed by atoms with Gasteiger partial charge in [-0.25, -0.2) is 0 Å². The normalized spacial score (nSPS) is 17.4. The van der Waals surface area contributed by atoms with Gasteiger partial charge in [0.1, 0.15) is 0 Å². The fourth-order valence-corrected chi connectivity index (χ4v) is 4.30. The van der Waals surface area contributed by atoms with E-state index in [0.29, 0.717) is 16.7 Å². The summed E-state index contributed by atoms with van der Waals surface area (Å²) in [5.41, 5.74) is 1.84. The maximum Gasteiger partial charge on any atom is 0.251 e. The van der Waals surface area contributed by atoms with Crippen molar-refractivity contribution in [3.63, 3.8) is 0 Å². The van der Waals surface area contributed by atoms with Crippen LogP contribution in [0.2, 0.25) is 0 Å². The summed E-state index contributed by atoms with van der Waals surface area (Å²) < 4.78 is 0. The van der Waals surface area contributed by atoms with Crippen LogP contribution in [-0.2, 0) is 6.42 Å². The quantitative estimate of drug-likeness (QED) is 0.355. The summed E-state index contributed by atoms with van der Waals surface area (Å²) in [5.74, 6) is 2.80. The van der Waals surface area contributed by atoms with Gasteiger partial charge in [-0.1, -0.05) is 26.0 Å². The molecule has 0 radical (unpaired) electrons. The van der Waals surface area contributed by atoms with E-state index in [1.54, 1.807) is 7.05 Å². The number of guanidine groups is 1. The van der Waals surface area contributed by atoms with Crippen molar-refractivity contribution in [2.45, 2.75) is 32.4 Å². The lowest BCUT2D eigenvalue weighted by atomic mass is 10.1. The van der Waals surface area contributed by atoms with Crippen LogP contribution in [0.5, 0.6) is 0 Å². The van der Waals surface area contributed by atoms with Gasteiger partial charge >= 0.3 is 0 Å². The zero-order chi connectivity index (χ0) is 18.9. The number of rotatable bonds is 6. The molecular weight excluding hydrogens is 471 g/mol. The Labute approximate surface area is 185 Å².